The number of nitro groups is 1. The van der Waals surface area contributed by atoms with Crippen molar-refractivity contribution in [3.05, 3.63) is 33.9 Å². The van der Waals surface area contributed by atoms with E-state index in [0.29, 0.717) is 0 Å². The van der Waals surface area contributed by atoms with E-state index in [1.54, 1.807) is 0 Å². The highest BCUT2D eigenvalue weighted by atomic mass is 19.3. The van der Waals surface area contributed by atoms with Crippen LogP contribution in [0.2, 0.25) is 0 Å². The fourth-order valence-electron chi connectivity index (χ4n) is 2.22. The van der Waals surface area contributed by atoms with Crippen LogP contribution in [-0.2, 0) is 0 Å². The Morgan fingerprint density at radius 1 is 1.33 bits per heavy atom. The van der Waals surface area contributed by atoms with E-state index in [4.69, 9.17) is 0 Å². The largest absolute Gasteiger partial charge is 0.391 e. The molecular weight excluding hydrogens is 282 g/mol. The Morgan fingerprint density at radius 2 is 1.95 bits per heavy atom. The van der Waals surface area contributed by atoms with Crippen molar-refractivity contribution in [2.75, 3.05) is 11.9 Å². The number of nitro benzene ring substituents is 1. The van der Waals surface area contributed by atoms with Gasteiger partial charge in [-0.1, -0.05) is 26.7 Å². The van der Waals surface area contributed by atoms with Crippen LogP contribution in [0.3, 0.4) is 0 Å². The second kappa shape index (κ2) is 7.87. The van der Waals surface area contributed by atoms with Crippen LogP contribution >= 0.6 is 0 Å². The molecule has 0 amide bonds. The van der Waals surface area contributed by atoms with Gasteiger partial charge in [0.1, 0.15) is 0 Å². The van der Waals surface area contributed by atoms with Gasteiger partial charge in [0.15, 0.2) is 0 Å². The molecule has 0 saturated heterocycles. The van der Waals surface area contributed by atoms with Gasteiger partial charge in [0.2, 0.25) is 0 Å². The standard InChI is InChI=1S/C14H20F2N2O3/c1-3-9(4-2)13(19)8-17-12-6-5-10(18(20)21)7-11(12)14(15)16/h5-7,9,13-14,17,19H,3-4,8H2,1-2H3. The number of hydrogen-bond donors (Lipinski definition) is 2. The van der Waals surface area contributed by atoms with Crippen molar-refractivity contribution in [2.24, 2.45) is 5.92 Å². The number of nitrogens with zero attached hydrogens (tertiary/aromatic N) is 1. The predicted molar refractivity (Wildman–Crippen MR) is 76.6 cm³/mol. The quantitative estimate of drug-likeness (QED) is 0.566. The molecule has 0 aromatic heterocycles. The summed E-state index contributed by atoms with van der Waals surface area (Å²) < 4.78 is 25.9. The normalized spacial score (nSPS) is 12.7. The lowest BCUT2D eigenvalue weighted by Crippen LogP contribution is -2.28. The number of alkyl halides is 2. The summed E-state index contributed by atoms with van der Waals surface area (Å²) >= 11 is 0. The number of aliphatic hydroxyl groups is 1. The minimum atomic E-state index is -2.82. The van der Waals surface area contributed by atoms with Crippen molar-refractivity contribution in [3.63, 3.8) is 0 Å². The molecule has 7 heteroatoms. The van der Waals surface area contributed by atoms with E-state index in [1.807, 2.05) is 13.8 Å². The molecule has 0 fully saturated rings. The summed E-state index contributed by atoms with van der Waals surface area (Å²) in [6, 6.07) is 3.27. The van der Waals surface area contributed by atoms with E-state index in [2.05, 4.69) is 5.32 Å². The van der Waals surface area contributed by atoms with Gasteiger partial charge in [0.25, 0.3) is 12.1 Å². The molecule has 118 valence electrons. The molecule has 0 spiro atoms. The van der Waals surface area contributed by atoms with Crippen molar-refractivity contribution >= 4 is 11.4 Å². The van der Waals surface area contributed by atoms with Crippen molar-refractivity contribution < 1.29 is 18.8 Å². The molecule has 21 heavy (non-hydrogen) atoms. The fraction of sp³-hybridized carbons (Fsp3) is 0.571. The Labute approximate surface area is 122 Å². The second-order valence-electron chi connectivity index (χ2n) is 4.85. The minimum absolute atomic E-state index is 0.0885. The van der Waals surface area contributed by atoms with E-state index in [0.717, 1.165) is 25.0 Å². The maximum absolute atomic E-state index is 13.0. The summed E-state index contributed by atoms with van der Waals surface area (Å²) in [5, 5.41) is 23.4. The highest BCUT2D eigenvalue weighted by Gasteiger charge is 2.20. The molecular formula is C14H20F2N2O3. The lowest BCUT2D eigenvalue weighted by Gasteiger charge is -2.21. The van der Waals surface area contributed by atoms with Gasteiger partial charge in [-0.2, -0.15) is 0 Å². The summed E-state index contributed by atoms with van der Waals surface area (Å²) in [6.07, 6.45) is -1.89. The van der Waals surface area contributed by atoms with Crippen LogP contribution in [0.25, 0.3) is 0 Å². The Kier molecular flexibility index (Phi) is 6.48. The van der Waals surface area contributed by atoms with Crippen molar-refractivity contribution in [1.82, 2.24) is 0 Å². The zero-order valence-corrected chi connectivity index (χ0v) is 12.1. The van der Waals surface area contributed by atoms with E-state index < -0.39 is 23.0 Å². The van der Waals surface area contributed by atoms with E-state index in [-0.39, 0.29) is 23.8 Å². The third kappa shape index (κ3) is 4.63. The van der Waals surface area contributed by atoms with Crippen LogP contribution in [0, 0.1) is 16.0 Å². The molecule has 0 aliphatic carbocycles. The van der Waals surface area contributed by atoms with Crippen LogP contribution in [0.15, 0.2) is 18.2 Å². The zero-order chi connectivity index (χ0) is 16.0. The van der Waals surface area contributed by atoms with E-state index in [1.165, 1.54) is 6.07 Å². The SMILES string of the molecule is CCC(CC)C(O)CNc1ccc([N+](=O)[O-])cc1C(F)F. The van der Waals surface area contributed by atoms with E-state index >= 15 is 0 Å². The van der Waals surface area contributed by atoms with Gasteiger partial charge in [-0.15, -0.1) is 0 Å². The predicted octanol–water partition coefficient (Wildman–Crippen LogP) is 3.74. The first-order valence-corrected chi connectivity index (χ1v) is 6.89. The summed E-state index contributed by atoms with van der Waals surface area (Å²) in [7, 11) is 0. The van der Waals surface area contributed by atoms with Gasteiger partial charge < -0.3 is 10.4 Å². The zero-order valence-electron chi connectivity index (χ0n) is 12.1. The number of halogens is 2. The van der Waals surface area contributed by atoms with Gasteiger partial charge in [-0.25, -0.2) is 8.78 Å². The summed E-state index contributed by atoms with van der Waals surface area (Å²) in [5.41, 5.74) is -0.696. The summed E-state index contributed by atoms with van der Waals surface area (Å²) in [5.74, 6) is 0.0885. The Bertz CT molecular complexity index is 479. The van der Waals surface area contributed by atoms with Gasteiger partial charge in [-0.3, -0.25) is 10.1 Å². The first-order valence-electron chi connectivity index (χ1n) is 6.89. The lowest BCUT2D eigenvalue weighted by atomic mass is 9.96. The molecule has 1 aromatic carbocycles. The van der Waals surface area contributed by atoms with Gasteiger partial charge in [0.05, 0.1) is 11.0 Å². The van der Waals surface area contributed by atoms with Crippen molar-refractivity contribution in [3.8, 4) is 0 Å². The molecule has 1 unspecified atom stereocenters. The molecule has 0 radical (unpaired) electrons. The van der Waals surface area contributed by atoms with Crippen LogP contribution < -0.4 is 5.32 Å². The average Bonchev–Trinajstić information content (AvgIpc) is 2.45. The number of nitrogens with one attached hydrogen (secondary N) is 1. The number of rotatable bonds is 8. The molecule has 0 heterocycles. The molecule has 1 atom stereocenters. The Morgan fingerprint density at radius 3 is 2.43 bits per heavy atom. The maximum Gasteiger partial charge on any atom is 0.270 e. The van der Waals surface area contributed by atoms with Crippen LogP contribution in [0.1, 0.15) is 38.7 Å². The minimum Gasteiger partial charge on any atom is -0.391 e. The number of aliphatic hydroxyl groups excluding tert-OH is 1. The smallest absolute Gasteiger partial charge is 0.270 e. The molecule has 0 saturated carbocycles. The highest BCUT2D eigenvalue weighted by Crippen LogP contribution is 2.30. The van der Waals surface area contributed by atoms with Gasteiger partial charge in [-0.05, 0) is 12.0 Å². The van der Waals surface area contributed by atoms with Crippen LogP contribution in [0.4, 0.5) is 20.2 Å². The van der Waals surface area contributed by atoms with Crippen molar-refractivity contribution in [2.45, 2.75) is 39.2 Å². The van der Waals surface area contributed by atoms with E-state index in [9.17, 15) is 24.0 Å². The maximum atomic E-state index is 13.0. The molecule has 0 aliphatic rings. The molecule has 1 aromatic rings. The second-order valence-corrected chi connectivity index (χ2v) is 4.85. The highest BCUT2D eigenvalue weighted by molar-refractivity contribution is 5.56. The lowest BCUT2D eigenvalue weighted by molar-refractivity contribution is -0.385. The Balaban J connectivity index is 2.85. The third-order valence-corrected chi connectivity index (χ3v) is 3.58. The molecule has 2 N–H and O–H groups in total. The molecule has 0 bridgehead atoms. The van der Waals surface area contributed by atoms with Crippen LogP contribution in [-0.4, -0.2) is 22.7 Å². The molecule has 0 aliphatic heterocycles. The average molecular weight is 302 g/mol. The molecule has 1 rings (SSSR count). The topological polar surface area (TPSA) is 75.4 Å². The summed E-state index contributed by atoms with van der Waals surface area (Å²) in [4.78, 5) is 9.91. The van der Waals surface area contributed by atoms with Crippen LogP contribution in [0.5, 0.6) is 0 Å². The Hall–Kier alpha value is -1.76. The first kappa shape index (κ1) is 17.3. The van der Waals surface area contributed by atoms with Crippen molar-refractivity contribution in [1.29, 1.82) is 0 Å². The monoisotopic (exact) mass is 302 g/mol. The number of hydrogen-bond acceptors (Lipinski definition) is 4. The number of benzene rings is 1. The third-order valence-electron chi connectivity index (χ3n) is 3.58. The van der Waals surface area contributed by atoms with Gasteiger partial charge in [0, 0.05) is 29.9 Å². The van der Waals surface area contributed by atoms with Gasteiger partial charge >= 0.3 is 0 Å². The first-order chi connectivity index (χ1) is 9.90. The fourth-order valence-corrected chi connectivity index (χ4v) is 2.22. The summed E-state index contributed by atoms with van der Waals surface area (Å²) in [6.45, 7) is 4.03. The molecule has 5 nitrogen and oxygen atoms in total. The number of anilines is 1. The number of non-ortho nitro benzene ring substituents is 1.